The summed E-state index contributed by atoms with van der Waals surface area (Å²) in [7, 11) is 1.62. The second kappa shape index (κ2) is 7.56. The first-order valence-electron chi connectivity index (χ1n) is 9.10. The minimum Gasteiger partial charge on any atom is -0.497 e. The van der Waals surface area contributed by atoms with Crippen LogP contribution in [0.2, 0.25) is 0 Å². The fraction of sp³-hybridized carbons (Fsp3) is 0.130. The highest BCUT2D eigenvalue weighted by Gasteiger charge is 2.14. The number of hydrogen-bond acceptors (Lipinski definition) is 4. The highest BCUT2D eigenvalue weighted by Crippen LogP contribution is 2.25. The summed E-state index contributed by atoms with van der Waals surface area (Å²) in [5.74, 6) is 2.09. The van der Waals surface area contributed by atoms with Crippen molar-refractivity contribution in [1.82, 2.24) is 9.55 Å². The van der Waals surface area contributed by atoms with Crippen molar-refractivity contribution in [2.24, 2.45) is 0 Å². The van der Waals surface area contributed by atoms with Crippen LogP contribution in [0.1, 0.15) is 6.92 Å². The Balaban J connectivity index is 1.96. The first kappa shape index (κ1) is 17.8. The molecule has 0 aliphatic heterocycles. The van der Waals surface area contributed by atoms with Crippen LogP contribution in [-0.4, -0.2) is 23.3 Å². The van der Waals surface area contributed by atoms with E-state index in [1.807, 2.05) is 73.7 Å². The molecule has 0 radical (unpaired) electrons. The van der Waals surface area contributed by atoms with E-state index in [2.05, 4.69) is 0 Å². The number of rotatable bonds is 5. The lowest BCUT2D eigenvalue weighted by atomic mass is 10.1. The molecule has 1 heterocycles. The molecule has 3 aromatic carbocycles. The van der Waals surface area contributed by atoms with Gasteiger partial charge in [0.1, 0.15) is 17.3 Å². The van der Waals surface area contributed by atoms with E-state index in [1.54, 1.807) is 17.7 Å². The van der Waals surface area contributed by atoms with Gasteiger partial charge in [-0.15, -0.1) is 0 Å². The smallest absolute Gasteiger partial charge is 0.266 e. The van der Waals surface area contributed by atoms with Gasteiger partial charge in [-0.3, -0.25) is 9.36 Å². The summed E-state index contributed by atoms with van der Waals surface area (Å²) < 4.78 is 12.4. The number of para-hydroxylation sites is 1. The first-order valence-corrected chi connectivity index (χ1v) is 9.10. The number of aromatic nitrogens is 2. The van der Waals surface area contributed by atoms with Crippen LogP contribution in [0.5, 0.6) is 11.5 Å². The van der Waals surface area contributed by atoms with Gasteiger partial charge in [0.05, 0.1) is 30.3 Å². The third-order valence-electron chi connectivity index (χ3n) is 4.53. The molecule has 0 saturated heterocycles. The van der Waals surface area contributed by atoms with Crippen LogP contribution in [-0.2, 0) is 0 Å². The third-order valence-corrected chi connectivity index (χ3v) is 4.53. The predicted octanol–water partition coefficient (Wildman–Crippen LogP) is 4.46. The van der Waals surface area contributed by atoms with Gasteiger partial charge >= 0.3 is 0 Å². The molecule has 1 aromatic heterocycles. The van der Waals surface area contributed by atoms with Gasteiger partial charge in [0.25, 0.3) is 5.56 Å². The molecule has 28 heavy (non-hydrogen) atoms. The lowest BCUT2D eigenvalue weighted by molar-refractivity contribution is 0.340. The Morgan fingerprint density at radius 1 is 0.893 bits per heavy atom. The zero-order valence-electron chi connectivity index (χ0n) is 15.8. The minimum atomic E-state index is -0.111. The standard InChI is InChI=1S/C23H20N2O3/c1-3-28-19-14-10-17(11-15-19)25-22(16-8-12-18(27-2)13-9-16)24-21-7-5-4-6-20(21)23(25)26/h4-15H,3H2,1-2H3. The van der Waals surface area contributed by atoms with Gasteiger partial charge in [0.15, 0.2) is 0 Å². The zero-order chi connectivity index (χ0) is 19.5. The Kier molecular flexibility index (Phi) is 4.81. The molecule has 140 valence electrons. The summed E-state index contributed by atoms with van der Waals surface area (Å²) in [6.45, 7) is 2.53. The van der Waals surface area contributed by atoms with E-state index in [0.717, 1.165) is 22.7 Å². The second-order valence-electron chi connectivity index (χ2n) is 6.25. The predicted molar refractivity (Wildman–Crippen MR) is 110 cm³/mol. The molecule has 4 rings (SSSR count). The topological polar surface area (TPSA) is 53.4 Å². The molecule has 0 aliphatic rings. The molecule has 0 aliphatic carbocycles. The molecular weight excluding hydrogens is 352 g/mol. The van der Waals surface area contributed by atoms with Crippen LogP contribution in [0.4, 0.5) is 0 Å². The quantitative estimate of drug-likeness (QED) is 0.519. The number of nitrogens with zero attached hydrogens (tertiary/aromatic N) is 2. The summed E-state index contributed by atoms with van der Waals surface area (Å²) in [4.78, 5) is 18.1. The second-order valence-corrected chi connectivity index (χ2v) is 6.25. The monoisotopic (exact) mass is 372 g/mol. The van der Waals surface area contributed by atoms with E-state index in [1.165, 1.54) is 0 Å². The number of methoxy groups -OCH3 is 1. The molecule has 0 atom stereocenters. The summed E-state index contributed by atoms with van der Waals surface area (Å²) in [6.07, 6.45) is 0. The maximum absolute atomic E-state index is 13.3. The Bertz CT molecular complexity index is 1160. The molecule has 0 unspecified atom stereocenters. The molecule has 0 fully saturated rings. The Hall–Kier alpha value is -3.60. The molecule has 0 spiro atoms. The maximum atomic E-state index is 13.3. The summed E-state index contributed by atoms with van der Waals surface area (Å²) in [5.41, 5.74) is 2.12. The van der Waals surface area contributed by atoms with E-state index in [0.29, 0.717) is 23.3 Å². The van der Waals surface area contributed by atoms with E-state index in [-0.39, 0.29) is 5.56 Å². The average Bonchev–Trinajstić information content (AvgIpc) is 2.75. The first-order chi connectivity index (χ1) is 13.7. The van der Waals surface area contributed by atoms with Crippen LogP contribution in [0.3, 0.4) is 0 Å². The Morgan fingerprint density at radius 2 is 1.57 bits per heavy atom. The molecule has 0 amide bonds. The van der Waals surface area contributed by atoms with E-state index >= 15 is 0 Å². The largest absolute Gasteiger partial charge is 0.497 e. The highest BCUT2D eigenvalue weighted by atomic mass is 16.5. The SMILES string of the molecule is CCOc1ccc(-n2c(-c3ccc(OC)cc3)nc3ccccc3c2=O)cc1. The van der Waals surface area contributed by atoms with Crippen molar-refractivity contribution in [2.75, 3.05) is 13.7 Å². The fourth-order valence-electron chi connectivity index (χ4n) is 3.16. The summed E-state index contributed by atoms with van der Waals surface area (Å²) >= 11 is 0. The number of benzene rings is 3. The van der Waals surface area contributed by atoms with Crippen molar-refractivity contribution in [3.05, 3.63) is 83.2 Å². The Morgan fingerprint density at radius 3 is 2.25 bits per heavy atom. The van der Waals surface area contributed by atoms with Crippen LogP contribution in [0.15, 0.2) is 77.6 Å². The number of ether oxygens (including phenoxy) is 2. The van der Waals surface area contributed by atoms with Crippen LogP contribution in [0, 0.1) is 0 Å². The molecule has 5 nitrogen and oxygen atoms in total. The van der Waals surface area contributed by atoms with Crippen LogP contribution >= 0.6 is 0 Å². The summed E-state index contributed by atoms with van der Waals surface area (Å²) in [6, 6.07) is 22.4. The van der Waals surface area contributed by atoms with Crippen LogP contribution < -0.4 is 15.0 Å². The van der Waals surface area contributed by atoms with Crippen molar-refractivity contribution < 1.29 is 9.47 Å². The molecule has 0 saturated carbocycles. The van der Waals surface area contributed by atoms with Crippen molar-refractivity contribution in [1.29, 1.82) is 0 Å². The average molecular weight is 372 g/mol. The zero-order valence-corrected chi connectivity index (χ0v) is 15.8. The number of hydrogen-bond donors (Lipinski definition) is 0. The van der Waals surface area contributed by atoms with E-state index in [4.69, 9.17) is 14.5 Å². The van der Waals surface area contributed by atoms with Gasteiger partial charge in [0.2, 0.25) is 0 Å². The van der Waals surface area contributed by atoms with Crippen molar-refractivity contribution >= 4 is 10.9 Å². The van der Waals surface area contributed by atoms with Gasteiger partial charge in [-0.05, 0) is 67.6 Å². The van der Waals surface area contributed by atoms with E-state index in [9.17, 15) is 4.79 Å². The lowest BCUT2D eigenvalue weighted by Gasteiger charge is -2.15. The normalized spacial score (nSPS) is 10.8. The fourth-order valence-corrected chi connectivity index (χ4v) is 3.16. The third kappa shape index (κ3) is 3.22. The minimum absolute atomic E-state index is 0.111. The summed E-state index contributed by atoms with van der Waals surface area (Å²) in [5, 5.41) is 0.577. The maximum Gasteiger partial charge on any atom is 0.266 e. The number of fused-ring (bicyclic) bond motifs is 1. The van der Waals surface area contributed by atoms with Crippen LogP contribution in [0.25, 0.3) is 28.0 Å². The van der Waals surface area contributed by atoms with Gasteiger partial charge in [0, 0.05) is 5.56 Å². The molecule has 5 heteroatoms. The molecule has 0 bridgehead atoms. The molecule has 0 N–H and O–H groups in total. The van der Waals surface area contributed by atoms with Gasteiger partial charge in [-0.1, -0.05) is 12.1 Å². The van der Waals surface area contributed by atoms with Crippen molar-refractivity contribution in [2.45, 2.75) is 6.92 Å². The van der Waals surface area contributed by atoms with Gasteiger partial charge in [-0.25, -0.2) is 4.98 Å². The molecular formula is C23H20N2O3. The lowest BCUT2D eigenvalue weighted by Crippen LogP contribution is -2.21. The van der Waals surface area contributed by atoms with Gasteiger partial charge in [-0.2, -0.15) is 0 Å². The molecule has 4 aromatic rings. The Labute approximate surface area is 162 Å². The van der Waals surface area contributed by atoms with Crippen molar-refractivity contribution in [3.8, 4) is 28.6 Å². The highest BCUT2D eigenvalue weighted by molar-refractivity contribution is 5.80. The van der Waals surface area contributed by atoms with Gasteiger partial charge < -0.3 is 9.47 Å². The van der Waals surface area contributed by atoms with E-state index < -0.39 is 0 Å². The van der Waals surface area contributed by atoms with Crippen molar-refractivity contribution in [3.63, 3.8) is 0 Å².